The van der Waals surface area contributed by atoms with Crippen molar-refractivity contribution in [1.82, 2.24) is 14.9 Å². The summed E-state index contributed by atoms with van der Waals surface area (Å²) in [6.07, 6.45) is 2.68. The first kappa shape index (κ1) is 21.4. The number of H-pyrrole nitrogens is 1. The van der Waals surface area contributed by atoms with Crippen molar-refractivity contribution >= 4 is 18.6 Å². The van der Waals surface area contributed by atoms with Crippen molar-refractivity contribution in [2.24, 2.45) is 17.3 Å². The van der Waals surface area contributed by atoms with Gasteiger partial charge in [0.1, 0.15) is 5.82 Å². The van der Waals surface area contributed by atoms with E-state index in [1.54, 1.807) is 6.20 Å². The summed E-state index contributed by atoms with van der Waals surface area (Å²) in [5.74, 6) is 1.33. The van der Waals surface area contributed by atoms with Crippen LogP contribution in [0.5, 0.6) is 0 Å². The monoisotopic (exact) mass is 389 g/mol. The van der Waals surface area contributed by atoms with Crippen LogP contribution in [0, 0.1) is 17.3 Å². The first-order valence-corrected chi connectivity index (χ1v) is 10.4. The van der Waals surface area contributed by atoms with E-state index in [1.807, 2.05) is 39.5 Å². The molecule has 28 heavy (non-hydrogen) atoms. The van der Waals surface area contributed by atoms with Gasteiger partial charge in [-0.05, 0) is 45.4 Å². The Morgan fingerprint density at radius 2 is 1.75 bits per heavy atom. The molecule has 1 aromatic heterocycles. The summed E-state index contributed by atoms with van der Waals surface area (Å²) in [5, 5.41) is 0. The van der Waals surface area contributed by atoms with Crippen LogP contribution in [0.1, 0.15) is 80.6 Å². The number of carbonyl (C=O) groups is 1. The summed E-state index contributed by atoms with van der Waals surface area (Å²) in [4.78, 5) is 23.2. The van der Waals surface area contributed by atoms with E-state index < -0.39 is 18.3 Å². The van der Waals surface area contributed by atoms with Gasteiger partial charge in [-0.2, -0.15) is 0 Å². The van der Waals surface area contributed by atoms with Crippen LogP contribution >= 0.6 is 0 Å². The molecule has 156 valence electrons. The van der Waals surface area contributed by atoms with Gasteiger partial charge in [-0.1, -0.05) is 34.6 Å². The molecular weight excluding hydrogens is 353 g/mol. The molecule has 1 amide bonds. The summed E-state index contributed by atoms with van der Waals surface area (Å²) in [7, 11) is -0.473. The molecule has 1 aromatic rings. The maximum absolute atomic E-state index is 13.1. The van der Waals surface area contributed by atoms with E-state index in [-0.39, 0.29) is 23.3 Å². The van der Waals surface area contributed by atoms with Crippen LogP contribution in [0.4, 0.5) is 0 Å². The standard InChI is InChI=1S/C21H36BN3O3/c1-13(2)14(3)18(26)25-12-19(4,5)10-15(25)17-23-11-16(24-17)22-27-20(6,7)21(8,9)28-22/h11,13-15H,10,12H2,1-9H3,(H,23,24). The number of amides is 1. The van der Waals surface area contributed by atoms with E-state index in [4.69, 9.17) is 9.31 Å². The van der Waals surface area contributed by atoms with Gasteiger partial charge in [0.25, 0.3) is 0 Å². The van der Waals surface area contributed by atoms with Crippen LogP contribution in [0.2, 0.25) is 0 Å². The van der Waals surface area contributed by atoms with Gasteiger partial charge < -0.3 is 19.2 Å². The van der Waals surface area contributed by atoms with Crippen molar-refractivity contribution < 1.29 is 14.1 Å². The zero-order valence-corrected chi connectivity index (χ0v) is 18.9. The van der Waals surface area contributed by atoms with E-state index in [1.165, 1.54) is 0 Å². The highest BCUT2D eigenvalue weighted by atomic mass is 16.7. The fourth-order valence-electron chi connectivity index (χ4n) is 3.90. The number of hydrogen-bond donors (Lipinski definition) is 1. The normalized spacial score (nSPS) is 26.9. The van der Waals surface area contributed by atoms with Gasteiger partial charge in [0, 0.05) is 18.7 Å². The summed E-state index contributed by atoms with van der Waals surface area (Å²) in [6.45, 7) is 19.6. The van der Waals surface area contributed by atoms with Gasteiger partial charge >= 0.3 is 7.12 Å². The number of likely N-dealkylation sites (tertiary alicyclic amines) is 1. The molecule has 1 N–H and O–H groups in total. The quantitative estimate of drug-likeness (QED) is 0.803. The van der Waals surface area contributed by atoms with E-state index in [0.29, 0.717) is 5.92 Å². The van der Waals surface area contributed by atoms with Gasteiger partial charge in [-0.25, -0.2) is 4.98 Å². The molecule has 0 aliphatic carbocycles. The van der Waals surface area contributed by atoms with Gasteiger partial charge in [0.15, 0.2) is 0 Å². The molecule has 2 atom stereocenters. The van der Waals surface area contributed by atoms with Gasteiger partial charge in [0.05, 0.1) is 22.8 Å². The van der Waals surface area contributed by atoms with Crippen molar-refractivity contribution in [2.45, 2.75) is 86.0 Å². The minimum atomic E-state index is -0.473. The molecule has 0 bridgehead atoms. The Morgan fingerprint density at radius 3 is 2.29 bits per heavy atom. The first-order valence-electron chi connectivity index (χ1n) is 10.4. The Morgan fingerprint density at radius 1 is 1.18 bits per heavy atom. The number of carbonyl (C=O) groups excluding carboxylic acids is 1. The van der Waals surface area contributed by atoms with Crippen LogP contribution in [-0.4, -0.2) is 45.6 Å². The van der Waals surface area contributed by atoms with E-state index in [9.17, 15) is 4.79 Å². The highest BCUT2D eigenvalue weighted by molar-refractivity contribution is 6.61. The van der Waals surface area contributed by atoms with E-state index >= 15 is 0 Å². The van der Waals surface area contributed by atoms with Gasteiger partial charge in [-0.3, -0.25) is 4.79 Å². The number of nitrogens with zero attached hydrogens (tertiary/aromatic N) is 2. The lowest BCUT2D eigenvalue weighted by molar-refractivity contribution is -0.137. The third kappa shape index (κ3) is 3.75. The minimum absolute atomic E-state index is 0.00562. The second-order valence-electron chi connectivity index (χ2n) is 10.7. The highest BCUT2D eigenvalue weighted by Crippen LogP contribution is 2.43. The molecule has 2 fully saturated rings. The number of rotatable bonds is 4. The highest BCUT2D eigenvalue weighted by Gasteiger charge is 2.53. The van der Waals surface area contributed by atoms with Crippen molar-refractivity contribution in [3.8, 4) is 0 Å². The fraction of sp³-hybridized carbons (Fsp3) is 0.810. The third-order valence-corrected chi connectivity index (χ3v) is 6.83. The lowest BCUT2D eigenvalue weighted by Gasteiger charge is -2.32. The molecule has 3 rings (SSSR count). The van der Waals surface area contributed by atoms with Crippen LogP contribution in [-0.2, 0) is 14.1 Å². The summed E-state index contributed by atoms with van der Waals surface area (Å²) in [5.41, 5.74) is 0.0801. The van der Waals surface area contributed by atoms with Crippen molar-refractivity contribution in [3.63, 3.8) is 0 Å². The van der Waals surface area contributed by atoms with E-state index in [0.717, 1.165) is 24.4 Å². The second-order valence-corrected chi connectivity index (χ2v) is 10.7. The SMILES string of the molecule is CC(C)C(C)C(=O)N1CC(C)(C)CC1c1ncc(B2OC(C)(C)C(C)(C)O2)[nH]1. The van der Waals surface area contributed by atoms with Crippen LogP contribution in [0.25, 0.3) is 0 Å². The Hall–Kier alpha value is -1.34. The van der Waals surface area contributed by atoms with Crippen LogP contribution < -0.4 is 5.59 Å². The van der Waals surface area contributed by atoms with Gasteiger partial charge in [0.2, 0.25) is 5.91 Å². The molecule has 0 spiro atoms. The molecule has 0 radical (unpaired) electrons. The zero-order chi connectivity index (χ0) is 21.1. The van der Waals surface area contributed by atoms with Crippen LogP contribution in [0.3, 0.4) is 0 Å². The predicted octanol–water partition coefficient (Wildman–Crippen LogP) is 3.30. The Labute approximate surface area is 169 Å². The molecule has 2 saturated heterocycles. The maximum atomic E-state index is 13.1. The third-order valence-electron chi connectivity index (χ3n) is 6.83. The largest absolute Gasteiger partial charge is 0.513 e. The Balaban J connectivity index is 1.84. The molecule has 3 heterocycles. The molecule has 2 aliphatic rings. The lowest BCUT2D eigenvalue weighted by atomic mass is 9.86. The number of aromatic nitrogens is 2. The lowest BCUT2D eigenvalue weighted by Crippen LogP contribution is -2.41. The first-order chi connectivity index (χ1) is 12.7. The number of hydrogen-bond acceptors (Lipinski definition) is 4. The molecular formula is C21H36BN3O3. The second kappa shape index (κ2) is 6.87. The molecule has 7 heteroatoms. The summed E-state index contributed by atoms with van der Waals surface area (Å²) in [6, 6.07) is -0.0418. The summed E-state index contributed by atoms with van der Waals surface area (Å²) >= 11 is 0. The average molecular weight is 389 g/mol. The number of nitrogens with one attached hydrogen (secondary N) is 1. The van der Waals surface area contributed by atoms with Gasteiger partial charge in [-0.15, -0.1) is 0 Å². The topological polar surface area (TPSA) is 67.5 Å². The molecule has 2 aliphatic heterocycles. The smallest absolute Gasteiger partial charge is 0.398 e. The van der Waals surface area contributed by atoms with Crippen LogP contribution in [0.15, 0.2) is 6.20 Å². The zero-order valence-electron chi connectivity index (χ0n) is 18.9. The number of aromatic amines is 1. The fourth-order valence-corrected chi connectivity index (χ4v) is 3.90. The maximum Gasteiger partial charge on any atom is 0.513 e. The van der Waals surface area contributed by atoms with Crippen molar-refractivity contribution in [3.05, 3.63) is 12.0 Å². The van der Waals surface area contributed by atoms with Crippen molar-refractivity contribution in [2.75, 3.05) is 6.54 Å². The number of imidazole rings is 1. The predicted molar refractivity (Wildman–Crippen MR) is 111 cm³/mol. The Kier molecular flexibility index (Phi) is 5.25. The minimum Gasteiger partial charge on any atom is -0.398 e. The molecule has 2 unspecified atom stereocenters. The average Bonchev–Trinajstić information content (AvgIpc) is 3.21. The summed E-state index contributed by atoms with van der Waals surface area (Å²) < 4.78 is 12.3. The Bertz CT molecular complexity index is 725. The van der Waals surface area contributed by atoms with E-state index in [2.05, 4.69) is 37.7 Å². The van der Waals surface area contributed by atoms with Crippen molar-refractivity contribution in [1.29, 1.82) is 0 Å². The molecule has 6 nitrogen and oxygen atoms in total. The molecule has 0 saturated carbocycles. The molecule has 0 aromatic carbocycles.